The van der Waals surface area contributed by atoms with E-state index in [1.165, 1.54) is 5.56 Å². The molecule has 0 spiro atoms. The molecule has 5 heteroatoms. The summed E-state index contributed by atoms with van der Waals surface area (Å²) in [6.07, 6.45) is 0.474. The number of nitrogens with one attached hydrogen (secondary N) is 1. The lowest BCUT2D eigenvalue weighted by molar-refractivity contribution is -0.118. The maximum absolute atomic E-state index is 12.7. The number of benzene rings is 2. The standard InChI is InChI=1S/C24H30N2O2S/c1-16(2)19-8-6-7-9-20(19)26-22(28)15-29-23(26)17-10-12-18(13-11-17)25-21(27)14-24(3,4)5/h6-13,16,23H,14-15H2,1-5H3,(H,25,27)/t23-/m0/s1. The Labute approximate surface area is 178 Å². The predicted octanol–water partition coefficient (Wildman–Crippen LogP) is 5.96. The zero-order chi connectivity index (χ0) is 21.2. The second-order valence-electron chi connectivity index (χ2n) is 9.05. The molecule has 1 N–H and O–H groups in total. The summed E-state index contributed by atoms with van der Waals surface area (Å²) < 4.78 is 0. The molecule has 0 bridgehead atoms. The first-order chi connectivity index (χ1) is 13.7. The van der Waals surface area contributed by atoms with Gasteiger partial charge in [-0.2, -0.15) is 0 Å². The Kier molecular flexibility index (Phi) is 6.37. The molecule has 29 heavy (non-hydrogen) atoms. The lowest BCUT2D eigenvalue weighted by Crippen LogP contribution is -2.29. The van der Waals surface area contributed by atoms with Crippen LogP contribution in [0.25, 0.3) is 0 Å². The third-order valence-corrected chi connectivity index (χ3v) is 6.07. The van der Waals surface area contributed by atoms with Crippen LogP contribution >= 0.6 is 11.8 Å². The van der Waals surface area contributed by atoms with Gasteiger partial charge in [0.05, 0.1) is 5.75 Å². The van der Waals surface area contributed by atoms with Crippen molar-refractivity contribution in [1.29, 1.82) is 0 Å². The fourth-order valence-corrected chi connectivity index (χ4v) is 4.71. The largest absolute Gasteiger partial charge is 0.326 e. The summed E-state index contributed by atoms with van der Waals surface area (Å²) in [6.45, 7) is 10.4. The van der Waals surface area contributed by atoms with Gasteiger partial charge >= 0.3 is 0 Å². The van der Waals surface area contributed by atoms with Crippen molar-refractivity contribution in [2.45, 2.75) is 52.3 Å². The molecular formula is C24H30N2O2S. The highest BCUT2D eigenvalue weighted by Gasteiger charge is 2.35. The number of amides is 2. The zero-order valence-electron chi connectivity index (χ0n) is 17.9. The average molecular weight is 411 g/mol. The second kappa shape index (κ2) is 8.62. The van der Waals surface area contributed by atoms with Crippen molar-refractivity contribution in [2.75, 3.05) is 16.0 Å². The summed E-state index contributed by atoms with van der Waals surface area (Å²) in [5, 5.41) is 2.91. The number of carbonyl (C=O) groups excluding carboxylic acids is 2. The van der Waals surface area contributed by atoms with Crippen LogP contribution in [0.15, 0.2) is 48.5 Å². The Hall–Kier alpha value is -2.27. The van der Waals surface area contributed by atoms with Gasteiger partial charge in [-0.3, -0.25) is 14.5 Å². The van der Waals surface area contributed by atoms with E-state index >= 15 is 0 Å². The van der Waals surface area contributed by atoms with Crippen LogP contribution in [-0.2, 0) is 9.59 Å². The highest BCUT2D eigenvalue weighted by molar-refractivity contribution is 8.00. The summed E-state index contributed by atoms with van der Waals surface area (Å²) in [5.41, 5.74) is 3.97. The minimum absolute atomic E-state index is 0.0168. The monoisotopic (exact) mass is 410 g/mol. The van der Waals surface area contributed by atoms with E-state index in [0.29, 0.717) is 18.1 Å². The Morgan fingerprint density at radius 2 is 1.79 bits per heavy atom. The number of nitrogens with zero attached hydrogens (tertiary/aromatic N) is 1. The fourth-order valence-electron chi connectivity index (χ4n) is 3.54. The Morgan fingerprint density at radius 3 is 2.41 bits per heavy atom. The molecule has 1 heterocycles. The van der Waals surface area contributed by atoms with Gasteiger partial charge < -0.3 is 5.32 Å². The van der Waals surface area contributed by atoms with E-state index in [-0.39, 0.29) is 22.6 Å². The van der Waals surface area contributed by atoms with Gasteiger partial charge in [-0.25, -0.2) is 0 Å². The van der Waals surface area contributed by atoms with E-state index in [9.17, 15) is 9.59 Å². The van der Waals surface area contributed by atoms with Crippen LogP contribution < -0.4 is 10.2 Å². The molecule has 1 aliphatic heterocycles. The quantitative estimate of drug-likeness (QED) is 0.661. The average Bonchev–Trinajstić information content (AvgIpc) is 3.02. The van der Waals surface area contributed by atoms with E-state index < -0.39 is 0 Å². The second-order valence-corrected chi connectivity index (χ2v) is 10.1. The molecule has 0 unspecified atom stereocenters. The number of anilines is 2. The minimum atomic E-state index is -0.0540. The number of hydrogen-bond acceptors (Lipinski definition) is 3. The topological polar surface area (TPSA) is 49.4 Å². The van der Waals surface area contributed by atoms with E-state index in [0.717, 1.165) is 16.9 Å². The fraction of sp³-hybridized carbons (Fsp3) is 0.417. The van der Waals surface area contributed by atoms with Gasteiger partial charge in [0.15, 0.2) is 0 Å². The number of para-hydroxylation sites is 1. The number of thioether (sulfide) groups is 1. The van der Waals surface area contributed by atoms with Crippen LogP contribution in [0.2, 0.25) is 0 Å². The number of carbonyl (C=O) groups is 2. The first kappa shape index (κ1) is 21.4. The molecule has 1 atom stereocenters. The van der Waals surface area contributed by atoms with Crippen molar-refractivity contribution in [3.05, 3.63) is 59.7 Å². The molecule has 0 radical (unpaired) electrons. The van der Waals surface area contributed by atoms with Crippen molar-refractivity contribution in [3.63, 3.8) is 0 Å². The predicted molar refractivity (Wildman–Crippen MR) is 122 cm³/mol. The van der Waals surface area contributed by atoms with Crippen molar-refractivity contribution in [1.82, 2.24) is 0 Å². The summed E-state index contributed by atoms with van der Waals surface area (Å²) in [7, 11) is 0. The van der Waals surface area contributed by atoms with Crippen LogP contribution in [-0.4, -0.2) is 17.6 Å². The zero-order valence-corrected chi connectivity index (χ0v) is 18.7. The molecule has 154 valence electrons. The van der Waals surface area contributed by atoms with Gasteiger partial charge in [0.25, 0.3) is 0 Å². The summed E-state index contributed by atoms with van der Waals surface area (Å²) in [4.78, 5) is 26.8. The Morgan fingerprint density at radius 1 is 1.14 bits per heavy atom. The lowest BCUT2D eigenvalue weighted by atomic mass is 9.92. The highest BCUT2D eigenvalue weighted by Crippen LogP contribution is 2.44. The Bertz CT molecular complexity index is 884. The number of rotatable bonds is 5. The van der Waals surface area contributed by atoms with Gasteiger partial charge in [0, 0.05) is 17.8 Å². The number of hydrogen-bond donors (Lipinski definition) is 1. The van der Waals surface area contributed by atoms with Gasteiger partial charge in [-0.15, -0.1) is 11.8 Å². The van der Waals surface area contributed by atoms with Crippen LogP contribution in [0.3, 0.4) is 0 Å². The van der Waals surface area contributed by atoms with Gasteiger partial charge in [-0.05, 0) is 40.7 Å². The molecule has 2 amide bonds. The molecule has 0 aliphatic carbocycles. The molecule has 0 aromatic heterocycles. The van der Waals surface area contributed by atoms with Gasteiger partial charge in [-0.1, -0.05) is 65.0 Å². The van der Waals surface area contributed by atoms with E-state index in [1.54, 1.807) is 11.8 Å². The van der Waals surface area contributed by atoms with Gasteiger partial charge in [0.2, 0.25) is 11.8 Å². The molecule has 1 fully saturated rings. The molecule has 1 saturated heterocycles. The van der Waals surface area contributed by atoms with E-state index in [1.807, 2.05) is 68.1 Å². The van der Waals surface area contributed by atoms with Crippen molar-refractivity contribution < 1.29 is 9.59 Å². The molecule has 2 aromatic carbocycles. The van der Waals surface area contributed by atoms with Crippen LogP contribution in [0.4, 0.5) is 11.4 Å². The highest BCUT2D eigenvalue weighted by atomic mass is 32.2. The van der Waals surface area contributed by atoms with Crippen LogP contribution in [0.5, 0.6) is 0 Å². The SMILES string of the molecule is CC(C)c1ccccc1N1C(=O)CS[C@H]1c1ccc(NC(=O)CC(C)(C)C)cc1. The normalized spacial score (nSPS) is 17.1. The Balaban J connectivity index is 1.81. The summed E-state index contributed by atoms with van der Waals surface area (Å²) in [5.74, 6) is 0.964. The molecule has 0 saturated carbocycles. The van der Waals surface area contributed by atoms with E-state index in [4.69, 9.17) is 0 Å². The minimum Gasteiger partial charge on any atom is -0.326 e. The maximum Gasteiger partial charge on any atom is 0.238 e. The van der Waals surface area contributed by atoms with Crippen LogP contribution in [0, 0.1) is 5.41 Å². The van der Waals surface area contributed by atoms with Crippen molar-refractivity contribution in [3.8, 4) is 0 Å². The molecular weight excluding hydrogens is 380 g/mol. The summed E-state index contributed by atoms with van der Waals surface area (Å²) >= 11 is 1.64. The van der Waals surface area contributed by atoms with Gasteiger partial charge in [0.1, 0.15) is 5.37 Å². The lowest BCUT2D eigenvalue weighted by Gasteiger charge is -2.27. The maximum atomic E-state index is 12.7. The first-order valence-electron chi connectivity index (χ1n) is 10.1. The molecule has 2 aromatic rings. The molecule has 1 aliphatic rings. The smallest absolute Gasteiger partial charge is 0.238 e. The van der Waals surface area contributed by atoms with Crippen molar-refractivity contribution >= 4 is 35.0 Å². The van der Waals surface area contributed by atoms with E-state index in [2.05, 4.69) is 25.2 Å². The third-order valence-electron chi connectivity index (χ3n) is 4.86. The first-order valence-corrected chi connectivity index (χ1v) is 11.1. The third kappa shape index (κ3) is 5.21. The molecule has 4 nitrogen and oxygen atoms in total. The van der Waals surface area contributed by atoms with Crippen LogP contribution in [0.1, 0.15) is 63.5 Å². The summed E-state index contributed by atoms with van der Waals surface area (Å²) in [6, 6.07) is 16.0. The molecule has 3 rings (SSSR count). The van der Waals surface area contributed by atoms with Crippen molar-refractivity contribution in [2.24, 2.45) is 5.41 Å².